The third-order valence-electron chi connectivity index (χ3n) is 2.30. The first-order valence-electron chi connectivity index (χ1n) is 4.19. The summed E-state index contributed by atoms with van der Waals surface area (Å²) in [6, 6.07) is 5.15. The Morgan fingerprint density at radius 2 is 1.80 bits per heavy atom. The van der Waals surface area contributed by atoms with Crippen LogP contribution in [0.15, 0.2) is 30.0 Å². The van der Waals surface area contributed by atoms with Gasteiger partial charge < -0.3 is 0 Å². The van der Waals surface area contributed by atoms with Gasteiger partial charge >= 0.3 is 11.7 Å². The Kier molecular flexibility index (Phi) is 1.96. The average Bonchev–Trinajstić information content (AvgIpc) is 2.56. The molecule has 0 bridgehead atoms. The summed E-state index contributed by atoms with van der Waals surface area (Å²) in [5, 5.41) is 21.4. The lowest BCUT2D eigenvalue weighted by molar-refractivity contribution is -0.559. The molecule has 15 heavy (non-hydrogen) atoms. The Labute approximate surface area is 84.1 Å². The van der Waals surface area contributed by atoms with E-state index >= 15 is 0 Å². The first-order valence-corrected chi connectivity index (χ1v) is 4.19. The molecule has 6 nitrogen and oxygen atoms in total. The van der Waals surface area contributed by atoms with E-state index in [0.29, 0.717) is 11.1 Å². The minimum Gasteiger partial charge on any atom is -0.263 e. The van der Waals surface area contributed by atoms with Crippen molar-refractivity contribution in [2.75, 3.05) is 0 Å². The maximum atomic E-state index is 10.7. The lowest BCUT2D eigenvalue weighted by Gasteiger charge is -2.02. The highest BCUT2D eigenvalue weighted by molar-refractivity contribution is 5.63. The smallest absolute Gasteiger partial charge is 0.263 e. The maximum absolute atomic E-state index is 10.7. The molecule has 1 aliphatic carbocycles. The van der Waals surface area contributed by atoms with Crippen LogP contribution in [0, 0.1) is 20.2 Å². The number of benzene rings is 1. The van der Waals surface area contributed by atoms with Crippen LogP contribution >= 0.6 is 0 Å². The Hall–Kier alpha value is -2.24. The lowest BCUT2D eigenvalue weighted by Crippen LogP contribution is -2.15. The molecule has 0 radical (unpaired) electrons. The fourth-order valence-corrected chi connectivity index (χ4v) is 1.66. The van der Waals surface area contributed by atoms with Crippen LogP contribution in [0.1, 0.15) is 17.2 Å². The molecule has 1 aromatic carbocycles. The van der Waals surface area contributed by atoms with Gasteiger partial charge in [0.2, 0.25) is 0 Å². The molecule has 0 aliphatic heterocycles. The predicted molar refractivity (Wildman–Crippen MR) is 51.1 cm³/mol. The lowest BCUT2D eigenvalue weighted by atomic mass is 10.1. The molecule has 76 valence electrons. The zero-order chi connectivity index (χ0) is 11.0. The van der Waals surface area contributed by atoms with E-state index in [4.69, 9.17) is 0 Å². The first kappa shape index (κ1) is 9.32. The zero-order valence-corrected chi connectivity index (χ0v) is 7.49. The van der Waals surface area contributed by atoms with Crippen LogP contribution in [0.4, 0.5) is 0 Å². The van der Waals surface area contributed by atoms with E-state index in [9.17, 15) is 20.2 Å². The second-order valence-electron chi connectivity index (χ2n) is 3.14. The largest absolute Gasteiger partial charge is 0.326 e. The molecule has 2 rings (SSSR count). The van der Waals surface area contributed by atoms with Crippen molar-refractivity contribution in [3.63, 3.8) is 0 Å². The van der Waals surface area contributed by atoms with Gasteiger partial charge in [0.15, 0.2) is 0 Å². The minimum absolute atomic E-state index is 0.374. The monoisotopic (exact) mass is 206 g/mol. The molecule has 0 saturated heterocycles. The molecule has 0 N–H and O–H groups in total. The fraction of sp³-hybridized carbons (Fsp3) is 0.111. The van der Waals surface area contributed by atoms with Crippen LogP contribution in [-0.2, 0) is 0 Å². The second kappa shape index (κ2) is 3.16. The topological polar surface area (TPSA) is 86.3 Å². The van der Waals surface area contributed by atoms with Gasteiger partial charge in [0.25, 0.3) is 0 Å². The van der Waals surface area contributed by atoms with E-state index in [1.54, 1.807) is 18.2 Å². The number of nitrogens with zero attached hydrogens (tertiary/aromatic N) is 2. The number of nitro groups is 2. The molecule has 6 heteroatoms. The second-order valence-corrected chi connectivity index (χ2v) is 3.14. The van der Waals surface area contributed by atoms with E-state index in [1.165, 1.54) is 12.1 Å². The van der Waals surface area contributed by atoms with Crippen molar-refractivity contribution in [1.82, 2.24) is 0 Å². The SMILES string of the molecule is O=[N+]([O-])C1=Cc2ccccc2C1[N+](=O)[O-]. The van der Waals surface area contributed by atoms with E-state index in [-0.39, 0.29) is 5.70 Å². The number of fused-ring (bicyclic) bond motifs is 1. The Balaban J connectivity index is 2.56. The van der Waals surface area contributed by atoms with Gasteiger partial charge in [0.05, 0.1) is 4.92 Å². The molecular formula is C9H6N2O4. The molecule has 0 heterocycles. The standard InChI is InChI=1S/C9H6N2O4/c12-10(13)8-5-6-3-1-2-4-7(6)9(8)11(14)15/h1-5,9H. The highest BCUT2D eigenvalue weighted by atomic mass is 16.6. The summed E-state index contributed by atoms with van der Waals surface area (Å²) in [6.07, 6.45) is 1.25. The van der Waals surface area contributed by atoms with Gasteiger partial charge in [0, 0.05) is 16.6 Å². The Morgan fingerprint density at radius 1 is 1.13 bits per heavy atom. The highest BCUT2D eigenvalue weighted by Crippen LogP contribution is 2.36. The Morgan fingerprint density at radius 3 is 2.40 bits per heavy atom. The van der Waals surface area contributed by atoms with E-state index in [2.05, 4.69) is 0 Å². The van der Waals surface area contributed by atoms with Gasteiger partial charge in [-0.2, -0.15) is 0 Å². The number of hydrogen-bond acceptors (Lipinski definition) is 4. The maximum Gasteiger partial charge on any atom is 0.326 e. The third-order valence-corrected chi connectivity index (χ3v) is 2.30. The zero-order valence-electron chi connectivity index (χ0n) is 7.49. The first-order chi connectivity index (χ1) is 7.11. The van der Waals surface area contributed by atoms with Crippen molar-refractivity contribution >= 4 is 6.08 Å². The van der Waals surface area contributed by atoms with Crippen molar-refractivity contribution in [2.45, 2.75) is 6.04 Å². The van der Waals surface area contributed by atoms with Crippen molar-refractivity contribution in [1.29, 1.82) is 0 Å². The van der Waals surface area contributed by atoms with Gasteiger partial charge in [-0.1, -0.05) is 24.3 Å². The Bertz CT molecular complexity index is 481. The fourth-order valence-electron chi connectivity index (χ4n) is 1.66. The van der Waals surface area contributed by atoms with E-state index in [1.807, 2.05) is 0 Å². The molecule has 0 fully saturated rings. The predicted octanol–water partition coefficient (Wildman–Crippen LogP) is 1.64. The van der Waals surface area contributed by atoms with Crippen molar-refractivity contribution in [3.8, 4) is 0 Å². The molecule has 1 aliphatic rings. The summed E-state index contributed by atoms with van der Waals surface area (Å²) in [4.78, 5) is 20.0. The van der Waals surface area contributed by atoms with E-state index in [0.717, 1.165) is 0 Å². The summed E-state index contributed by atoms with van der Waals surface area (Å²) >= 11 is 0. The normalized spacial score (nSPS) is 18.1. The third kappa shape index (κ3) is 1.35. The van der Waals surface area contributed by atoms with Gasteiger partial charge in [-0.15, -0.1) is 0 Å². The summed E-state index contributed by atoms with van der Waals surface area (Å²) in [6.45, 7) is 0. The van der Waals surface area contributed by atoms with Gasteiger partial charge in [-0.25, -0.2) is 0 Å². The quantitative estimate of drug-likeness (QED) is 0.543. The van der Waals surface area contributed by atoms with Gasteiger partial charge in [0.1, 0.15) is 0 Å². The van der Waals surface area contributed by atoms with Crippen LogP contribution in [0.5, 0.6) is 0 Å². The molecule has 0 spiro atoms. The number of hydrogen-bond donors (Lipinski definition) is 0. The molecule has 1 unspecified atom stereocenters. The molecule has 1 atom stereocenters. The van der Waals surface area contributed by atoms with E-state index < -0.39 is 15.9 Å². The molecular weight excluding hydrogens is 200 g/mol. The summed E-state index contributed by atoms with van der Waals surface area (Å²) in [5.41, 5.74) is 0.557. The van der Waals surface area contributed by atoms with Crippen molar-refractivity contribution < 1.29 is 9.85 Å². The summed E-state index contributed by atoms with van der Waals surface area (Å²) in [7, 11) is 0. The summed E-state index contributed by atoms with van der Waals surface area (Å²) < 4.78 is 0. The average molecular weight is 206 g/mol. The van der Waals surface area contributed by atoms with Gasteiger partial charge in [-0.05, 0) is 5.56 Å². The molecule has 0 amide bonds. The van der Waals surface area contributed by atoms with Crippen LogP contribution in [0.2, 0.25) is 0 Å². The van der Waals surface area contributed by atoms with Crippen LogP contribution < -0.4 is 0 Å². The summed E-state index contributed by atoms with van der Waals surface area (Å²) in [5.74, 6) is 0. The highest BCUT2D eigenvalue weighted by Gasteiger charge is 2.42. The molecule has 1 aromatic rings. The van der Waals surface area contributed by atoms with Crippen LogP contribution in [0.25, 0.3) is 6.08 Å². The van der Waals surface area contributed by atoms with Crippen molar-refractivity contribution in [2.24, 2.45) is 0 Å². The molecule has 0 saturated carbocycles. The van der Waals surface area contributed by atoms with Crippen LogP contribution in [-0.4, -0.2) is 9.85 Å². The molecule has 0 aromatic heterocycles. The number of rotatable bonds is 2. The van der Waals surface area contributed by atoms with Gasteiger partial charge in [-0.3, -0.25) is 20.2 Å². The van der Waals surface area contributed by atoms with Crippen LogP contribution in [0.3, 0.4) is 0 Å². The van der Waals surface area contributed by atoms with Crippen molar-refractivity contribution in [3.05, 3.63) is 61.3 Å². The minimum atomic E-state index is -1.34.